The minimum atomic E-state index is 0.851. The summed E-state index contributed by atoms with van der Waals surface area (Å²) in [5.41, 5.74) is 5.05. The fourth-order valence-electron chi connectivity index (χ4n) is 2.63. The number of hydrogen-bond acceptors (Lipinski definition) is 5. The molecule has 0 spiro atoms. The average molecular weight is 335 g/mol. The quantitative estimate of drug-likeness (QED) is 0.589. The van der Waals surface area contributed by atoms with Crippen LogP contribution in [0.15, 0.2) is 54.3 Å². The molecule has 5 nitrogen and oxygen atoms in total. The Kier molecular flexibility index (Phi) is 3.96. The minimum Gasteiger partial charge on any atom is -0.362 e. The van der Waals surface area contributed by atoms with Crippen molar-refractivity contribution in [2.75, 3.05) is 11.9 Å². The van der Waals surface area contributed by atoms with Gasteiger partial charge in [-0.25, -0.2) is 4.98 Å². The molecule has 1 N–H and O–H groups in total. The van der Waals surface area contributed by atoms with Crippen molar-refractivity contribution in [3.8, 4) is 22.4 Å². The lowest BCUT2D eigenvalue weighted by molar-refractivity contribution is 0.976. The molecule has 120 valence electrons. The van der Waals surface area contributed by atoms with Crippen molar-refractivity contribution in [3.05, 3.63) is 54.3 Å². The summed E-state index contributed by atoms with van der Waals surface area (Å²) in [5, 5.41) is 14.7. The van der Waals surface area contributed by atoms with E-state index in [9.17, 15) is 0 Å². The van der Waals surface area contributed by atoms with Crippen molar-refractivity contribution in [1.82, 2.24) is 19.6 Å². The molecule has 24 heavy (non-hydrogen) atoms. The molecule has 0 aliphatic heterocycles. The summed E-state index contributed by atoms with van der Waals surface area (Å²) in [5.74, 6) is 0. The Hall–Kier alpha value is -2.73. The Labute approximate surface area is 144 Å². The summed E-state index contributed by atoms with van der Waals surface area (Å²) in [4.78, 5) is 4.70. The standard InChI is InChI=1S/C18H17N5S/c1-2-8-19-18-21-16(11-24-18)14-9-15(13-6-4-3-5-7-13)17-22-20-12-23(17)10-14/h3-7,9-12H,2,8H2,1H3,(H,19,21). The van der Waals surface area contributed by atoms with Gasteiger partial charge in [0.25, 0.3) is 0 Å². The van der Waals surface area contributed by atoms with Crippen LogP contribution in [0.1, 0.15) is 13.3 Å². The van der Waals surface area contributed by atoms with Gasteiger partial charge >= 0.3 is 0 Å². The SMILES string of the molecule is CCCNc1nc(-c2cc(-c3ccccc3)c3nncn3c2)cs1. The highest BCUT2D eigenvalue weighted by atomic mass is 32.1. The second-order valence-corrected chi connectivity index (χ2v) is 6.39. The van der Waals surface area contributed by atoms with Crippen LogP contribution < -0.4 is 5.32 Å². The first kappa shape index (κ1) is 14.8. The Morgan fingerprint density at radius 3 is 2.88 bits per heavy atom. The third-order valence-corrected chi connectivity index (χ3v) is 4.60. The zero-order valence-electron chi connectivity index (χ0n) is 13.3. The van der Waals surface area contributed by atoms with Gasteiger partial charge in [0.15, 0.2) is 10.8 Å². The molecular formula is C18H17N5S. The maximum absolute atomic E-state index is 4.70. The molecule has 0 atom stereocenters. The summed E-state index contributed by atoms with van der Waals surface area (Å²) in [6.07, 6.45) is 4.84. The highest BCUT2D eigenvalue weighted by Crippen LogP contribution is 2.31. The third-order valence-electron chi connectivity index (χ3n) is 3.80. The highest BCUT2D eigenvalue weighted by molar-refractivity contribution is 7.14. The predicted octanol–water partition coefficient (Wildman–Crippen LogP) is 4.34. The van der Waals surface area contributed by atoms with Gasteiger partial charge in [0, 0.05) is 29.2 Å². The van der Waals surface area contributed by atoms with E-state index in [0.717, 1.165) is 46.1 Å². The molecule has 0 saturated carbocycles. The van der Waals surface area contributed by atoms with Crippen molar-refractivity contribution < 1.29 is 0 Å². The molecule has 0 radical (unpaired) electrons. The second kappa shape index (κ2) is 6.41. The largest absolute Gasteiger partial charge is 0.362 e. The van der Waals surface area contributed by atoms with Crippen LogP contribution in [0.25, 0.3) is 28.0 Å². The van der Waals surface area contributed by atoms with Crippen LogP contribution >= 0.6 is 11.3 Å². The van der Waals surface area contributed by atoms with E-state index in [1.807, 2.05) is 28.8 Å². The number of nitrogens with zero attached hydrogens (tertiary/aromatic N) is 4. The first-order chi connectivity index (χ1) is 11.8. The summed E-state index contributed by atoms with van der Waals surface area (Å²) >= 11 is 1.63. The number of benzene rings is 1. The van der Waals surface area contributed by atoms with Crippen molar-refractivity contribution >= 4 is 22.1 Å². The molecule has 4 aromatic rings. The molecule has 1 aromatic carbocycles. The van der Waals surface area contributed by atoms with E-state index in [-0.39, 0.29) is 0 Å². The van der Waals surface area contributed by atoms with Gasteiger partial charge in [-0.3, -0.25) is 4.40 Å². The molecule has 4 rings (SSSR count). The normalized spacial score (nSPS) is 11.0. The summed E-state index contributed by atoms with van der Waals surface area (Å²) in [6, 6.07) is 12.4. The Morgan fingerprint density at radius 2 is 2.04 bits per heavy atom. The summed E-state index contributed by atoms with van der Waals surface area (Å²) in [7, 11) is 0. The fraction of sp³-hybridized carbons (Fsp3) is 0.167. The summed E-state index contributed by atoms with van der Waals surface area (Å²) in [6.45, 7) is 3.08. The highest BCUT2D eigenvalue weighted by Gasteiger charge is 2.12. The van der Waals surface area contributed by atoms with Crippen molar-refractivity contribution in [2.24, 2.45) is 0 Å². The van der Waals surface area contributed by atoms with Crippen LogP contribution in [0.5, 0.6) is 0 Å². The Morgan fingerprint density at radius 1 is 1.17 bits per heavy atom. The molecular weight excluding hydrogens is 318 g/mol. The van der Waals surface area contributed by atoms with Crippen LogP contribution in [0.4, 0.5) is 5.13 Å². The number of thiazole rings is 1. The number of rotatable bonds is 5. The van der Waals surface area contributed by atoms with Gasteiger partial charge in [0.1, 0.15) is 6.33 Å². The molecule has 0 aliphatic rings. The van der Waals surface area contributed by atoms with Gasteiger partial charge in [-0.05, 0) is 18.1 Å². The van der Waals surface area contributed by atoms with E-state index in [1.54, 1.807) is 17.7 Å². The zero-order chi connectivity index (χ0) is 16.4. The van der Waals surface area contributed by atoms with Crippen LogP contribution in [-0.4, -0.2) is 26.1 Å². The average Bonchev–Trinajstić information content (AvgIpc) is 3.29. The monoisotopic (exact) mass is 335 g/mol. The van der Waals surface area contributed by atoms with E-state index in [4.69, 9.17) is 4.98 Å². The van der Waals surface area contributed by atoms with E-state index < -0.39 is 0 Å². The predicted molar refractivity (Wildman–Crippen MR) is 98.3 cm³/mol. The molecule has 0 aliphatic carbocycles. The van der Waals surface area contributed by atoms with E-state index in [2.05, 4.69) is 46.0 Å². The van der Waals surface area contributed by atoms with Crippen molar-refractivity contribution in [2.45, 2.75) is 13.3 Å². The molecule has 0 unspecified atom stereocenters. The number of nitrogens with one attached hydrogen (secondary N) is 1. The van der Waals surface area contributed by atoms with Crippen molar-refractivity contribution in [3.63, 3.8) is 0 Å². The lowest BCUT2D eigenvalue weighted by atomic mass is 10.0. The maximum atomic E-state index is 4.70. The number of fused-ring (bicyclic) bond motifs is 1. The Bertz CT molecular complexity index is 958. The number of pyridine rings is 1. The molecule has 0 fully saturated rings. The molecule has 3 heterocycles. The van der Waals surface area contributed by atoms with Crippen LogP contribution in [-0.2, 0) is 0 Å². The number of hydrogen-bond donors (Lipinski definition) is 1. The smallest absolute Gasteiger partial charge is 0.183 e. The zero-order valence-corrected chi connectivity index (χ0v) is 14.1. The van der Waals surface area contributed by atoms with Gasteiger partial charge in [-0.1, -0.05) is 37.3 Å². The molecule has 0 saturated heterocycles. The van der Waals surface area contributed by atoms with Gasteiger partial charge in [0.05, 0.1) is 5.69 Å². The molecule has 0 amide bonds. The maximum Gasteiger partial charge on any atom is 0.183 e. The fourth-order valence-corrected chi connectivity index (χ4v) is 3.38. The molecule has 0 bridgehead atoms. The first-order valence-corrected chi connectivity index (χ1v) is 8.81. The minimum absolute atomic E-state index is 0.851. The lowest BCUT2D eigenvalue weighted by Gasteiger charge is -2.06. The van der Waals surface area contributed by atoms with Crippen LogP contribution in [0.2, 0.25) is 0 Å². The molecule has 6 heteroatoms. The van der Waals surface area contributed by atoms with Crippen LogP contribution in [0.3, 0.4) is 0 Å². The number of anilines is 1. The van der Waals surface area contributed by atoms with E-state index in [0.29, 0.717) is 0 Å². The van der Waals surface area contributed by atoms with Crippen molar-refractivity contribution in [1.29, 1.82) is 0 Å². The second-order valence-electron chi connectivity index (χ2n) is 5.53. The van der Waals surface area contributed by atoms with Gasteiger partial charge in [-0.15, -0.1) is 21.5 Å². The topological polar surface area (TPSA) is 55.1 Å². The van der Waals surface area contributed by atoms with E-state index >= 15 is 0 Å². The van der Waals surface area contributed by atoms with Gasteiger partial charge < -0.3 is 5.32 Å². The van der Waals surface area contributed by atoms with Crippen LogP contribution in [0, 0.1) is 0 Å². The lowest BCUT2D eigenvalue weighted by Crippen LogP contribution is -1.98. The van der Waals surface area contributed by atoms with E-state index in [1.165, 1.54) is 0 Å². The van der Waals surface area contributed by atoms with Gasteiger partial charge in [-0.2, -0.15) is 0 Å². The first-order valence-electron chi connectivity index (χ1n) is 7.93. The summed E-state index contributed by atoms with van der Waals surface area (Å²) < 4.78 is 1.95. The Balaban J connectivity index is 1.81. The third kappa shape index (κ3) is 2.76. The van der Waals surface area contributed by atoms with Gasteiger partial charge in [0.2, 0.25) is 0 Å². The molecule has 3 aromatic heterocycles. The number of aromatic nitrogens is 4.